The van der Waals surface area contributed by atoms with Crippen LogP contribution in [0.5, 0.6) is 0 Å². The van der Waals surface area contributed by atoms with Gasteiger partial charge in [0.1, 0.15) is 0 Å². The summed E-state index contributed by atoms with van der Waals surface area (Å²) < 4.78 is 18.2. The van der Waals surface area contributed by atoms with E-state index in [4.69, 9.17) is 28.2 Å². The van der Waals surface area contributed by atoms with Gasteiger partial charge in [-0.3, -0.25) is 0 Å². The van der Waals surface area contributed by atoms with Crippen LogP contribution in [0.15, 0.2) is 0 Å². The van der Waals surface area contributed by atoms with Gasteiger partial charge in [0.15, 0.2) is 0 Å². The van der Waals surface area contributed by atoms with Crippen molar-refractivity contribution < 1.29 is 54.4 Å². The number of hydrogen-bond acceptors (Lipinski definition) is 5. The van der Waals surface area contributed by atoms with Crippen LogP contribution in [0.3, 0.4) is 0 Å². The Morgan fingerprint density at radius 2 is 1.00 bits per heavy atom. The third-order valence-corrected chi connectivity index (χ3v) is 0. The Balaban J connectivity index is -0.0000000800. The van der Waals surface area contributed by atoms with Gasteiger partial charge in [0.05, 0.1) is 0 Å². The van der Waals surface area contributed by atoms with Crippen molar-refractivity contribution in [2.75, 3.05) is 0 Å². The molecule has 0 N–H and O–H groups in total. The molecular weight excluding hydrogens is 330 g/mol. The van der Waals surface area contributed by atoms with E-state index in [0.717, 1.165) is 0 Å². The molecule has 0 spiro atoms. The molecule has 9 heteroatoms. The summed E-state index contributed by atoms with van der Waals surface area (Å²) in [4.78, 5) is 34.3. The molecule has 0 rings (SSSR count). The average Bonchev–Trinajstić information content (AvgIpc) is 1.27. The monoisotopic (exact) mass is 330 g/mol. The van der Waals surface area contributed by atoms with E-state index in [2.05, 4.69) is 0 Å². The van der Waals surface area contributed by atoms with Crippen LogP contribution in [0.4, 0.5) is 9.05 Å². The van der Waals surface area contributed by atoms with Gasteiger partial charge >= 0.3 is 0 Å². The molecule has 0 aromatic rings. The molecule has 0 amide bonds. The van der Waals surface area contributed by atoms with Gasteiger partial charge in [0.2, 0.25) is 0 Å². The molecule has 0 saturated heterocycles. The SMILES string of the molecule is FOF.[O-][Si]([O-])([O-])[O-].[W]. The Bertz CT molecular complexity index is 38.7. The summed E-state index contributed by atoms with van der Waals surface area (Å²) in [6.07, 6.45) is 0. The fourth-order valence-corrected chi connectivity index (χ4v) is 0. The minimum Gasteiger partial charge on any atom is -0.894 e. The summed E-state index contributed by atoms with van der Waals surface area (Å²) >= 11 is 0. The molecule has 0 aliphatic carbocycles. The maximum atomic E-state index is 9.12. The molecule has 0 aliphatic heterocycles. The third kappa shape index (κ3) is 1160. The molecular formula is F2O5SiW-4. The van der Waals surface area contributed by atoms with Crippen molar-refractivity contribution in [3.63, 3.8) is 0 Å². The second-order valence-electron chi connectivity index (χ2n) is 0.558. The summed E-state index contributed by atoms with van der Waals surface area (Å²) in [7, 11) is -5.61. The first-order valence-corrected chi connectivity index (χ1v) is 2.76. The zero-order chi connectivity index (χ0) is 7.21. The van der Waals surface area contributed by atoms with Gasteiger partial charge in [-0.1, -0.05) is 0 Å². The molecule has 0 saturated carbocycles. The molecule has 58 valence electrons. The standard InChI is InChI=1S/F2O.O4Si.W/c1-3-2;1-5(2,3)4;/q;-4;. The second kappa shape index (κ2) is 8.57. The molecule has 0 aromatic heterocycles. The Morgan fingerprint density at radius 3 is 1.00 bits per heavy atom. The predicted molar refractivity (Wildman–Crippen MR) is 9.05 cm³/mol. The van der Waals surface area contributed by atoms with Gasteiger partial charge in [-0.05, 0) is 9.05 Å². The number of rotatable bonds is 0. The Kier molecular flexibility index (Phi) is 15.5. The first-order valence-electron chi connectivity index (χ1n) is 1.13. The van der Waals surface area contributed by atoms with Crippen molar-refractivity contribution in [2.24, 2.45) is 0 Å². The van der Waals surface area contributed by atoms with Crippen molar-refractivity contribution in [3.8, 4) is 0 Å². The van der Waals surface area contributed by atoms with E-state index in [-0.39, 0.29) is 21.1 Å². The molecule has 0 radical (unpaired) electrons. The van der Waals surface area contributed by atoms with Gasteiger partial charge in [-0.2, -0.15) is 0 Å². The van der Waals surface area contributed by atoms with Crippen LogP contribution >= 0.6 is 0 Å². The molecule has 0 unspecified atom stereocenters. The van der Waals surface area contributed by atoms with Crippen LogP contribution in [0.25, 0.3) is 0 Å². The molecule has 5 nitrogen and oxygen atoms in total. The maximum Gasteiger partial charge on any atom is 0.0209 e. The third-order valence-electron chi connectivity index (χ3n) is 0. The van der Waals surface area contributed by atoms with E-state index in [0.29, 0.717) is 0 Å². The number of halogens is 2. The first-order chi connectivity index (χ1) is 3.41. The van der Waals surface area contributed by atoms with E-state index in [1.54, 1.807) is 0 Å². The van der Waals surface area contributed by atoms with E-state index in [1.165, 1.54) is 5.15 Å². The van der Waals surface area contributed by atoms with Crippen molar-refractivity contribution in [1.82, 2.24) is 0 Å². The van der Waals surface area contributed by atoms with E-state index in [1.807, 2.05) is 0 Å². The molecule has 0 bridgehead atoms. The Hall–Kier alpha value is 0.565. The minimum atomic E-state index is -5.61. The van der Waals surface area contributed by atoms with Gasteiger partial charge < -0.3 is 28.2 Å². The molecule has 0 aliphatic rings. The van der Waals surface area contributed by atoms with Gasteiger partial charge in [-0.15, -0.1) is 0 Å². The predicted octanol–water partition coefficient (Wildman–Crippen LogP) is -4.37. The van der Waals surface area contributed by atoms with Crippen LogP contribution in [0.1, 0.15) is 0 Å². The maximum absolute atomic E-state index is 9.12. The molecule has 9 heavy (non-hydrogen) atoms. The van der Waals surface area contributed by atoms with Crippen molar-refractivity contribution in [2.45, 2.75) is 0 Å². The molecule has 0 fully saturated rings. The van der Waals surface area contributed by atoms with Crippen LogP contribution in [-0.4, -0.2) is 9.05 Å². The van der Waals surface area contributed by atoms with Crippen LogP contribution in [0.2, 0.25) is 0 Å². The minimum absolute atomic E-state index is 0. The summed E-state index contributed by atoms with van der Waals surface area (Å²) in [5, 5.41) is 1.25. The average molecular weight is 330 g/mol. The Labute approximate surface area is 64.1 Å². The van der Waals surface area contributed by atoms with Crippen LogP contribution < -0.4 is 19.2 Å². The van der Waals surface area contributed by atoms with Crippen LogP contribution in [-0.2, 0) is 26.2 Å². The smallest absolute Gasteiger partial charge is 0.0209 e. The molecule has 0 atom stereocenters. The van der Waals surface area contributed by atoms with E-state index < -0.39 is 9.05 Å². The van der Waals surface area contributed by atoms with Crippen LogP contribution in [0, 0.1) is 0 Å². The number of hydrogen-bond donors (Lipinski definition) is 0. The summed E-state index contributed by atoms with van der Waals surface area (Å²) in [5.41, 5.74) is 0. The fourth-order valence-electron chi connectivity index (χ4n) is 0. The van der Waals surface area contributed by atoms with Gasteiger partial charge in [0.25, 0.3) is 0 Å². The largest absolute Gasteiger partial charge is 0.894 e. The zero-order valence-corrected chi connectivity index (χ0v) is 7.64. The van der Waals surface area contributed by atoms with Crippen molar-refractivity contribution in [1.29, 1.82) is 0 Å². The second-order valence-corrected chi connectivity index (χ2v) is 1.56. The topological polar surface area (TPSA) is 101 Å². The first kappa shape index (κ1) is 16.3. The molecule has 0 heterocycles. The van der Waals surface area contributed by atoms with Crippen molar-refractivity contribution in [3.05, 3.63) is 0 Å². The summed E-state index contributed by atoms with van der Waals surface area (Å²) in [6, 6.07) is 0. The van der Waals surface area contributed by atoms with Gasteiger partial charge in [0, 0.05) is 26.2 Å². The fraction of sp³-hybridized carbons (Fsp3) is 0. The van der Waals surface area contributed by atoms with Crippen molar-refractivity contribution >= 4 is 9.05 Å². The zero-order valence-electron chi connectivity index (χ0n) is 3.71. The summed E-state index contributed by atoms with van der Waals surface area (Å²) in [5.74, 6) is 0. The normalized spacial score (nSPS) is 8.67. The quantitative estimate of drug-likeness (QED) is 0.418. The Morgan fingerprint density at radius 1 is 1.00 bits per heavy atom. The molecule has 0 aromatic carbocycles. The summed E-state index contributed by atoms with van der Waals surface area (Å²) in [6.45, 7) is 0. The van der Waals surface area contributed by atoms with E-state index in [9.17, 15) is 0 Å². The van der Waals surface area contributed by atoms with E-state index >= 15 is 0 Å². The van der Waals surface area contributed by atoms with Gasteiger partial charge in [-0.25, -0.2) is 0 Å².